The van der Waals surface area contributed by atoms with Gasteiger partial charge in [0.2, 0.25) is 0 Å². The first-order valence-corrected chi connectivity index (χ1v) is 6.59. The number of hydrogen-bond acceptors (Lipinski definition) is 5. The van der Waals surface area contributed by atoms with Crippen molar-refractivity contribution >= 4 is 11.0 Å². The van der Waals surface area contributed by atoms with Crippen molar-refractivity contribution in [2.24, 2.45) is 12.8 Å². The maximum Gasteiger partial charge on any atom is 0.157 e. The summed E-state index contributed by atoms with van der Waals surface area (Å²) in [5.41, 5.74) is 8.85. The Labute approximate surface area is 121 Å². The first kappa shape index (κ1) is 13.4. The van der Waals surface area contributed by atoms with Crippen molar-refractivity contribution in [2.75, 3.05) is 0 Å². The van der Waals surface area contributed by atoms with Crippen LogP contribution in [0.3, 0.4) is 0 Å². The zero-order chi connectivity index (χ0) is 15.0. The highest BCUT2D eigenvalue weighted by atomic mass is 16.3. The molecule has 3 rings (SSSR count). The molecule has 2 heterocycles. The summed E-state index contributed by atoms with van der Waals surface area (Å²) in [5.74, 6) is 0.473. The smallest absolute Gasteiger partial charge is 0.157 e. The van der Waals surface area contributed by atoms with Crippen LogP contribution >= 0.6 is 0 Å². The predicted molar refractivity (Wildman–Crippen MR) is 78.9 cm³/mol. The van der Waals surface area contributed by atoms with Crippen molar-refractivity contribution in [1.82, 2.24) is 14.5 Å². The van der Waals surface area contributed by atoms with Crippen LogP contribution in [-0.4, -0.2) is 24.7 Å². The van der Waals surface area contributed by atoms with E-state index < -0.39 is 0 Å². The van der Waals surface area contributed by atoms with E-state index in [1.165, 1.54) is 12.1 Å². The summed E-state index contributed by atoms with van der Waals surface area (Å²) in [6, 6.07) is 6.23. The van der Waals surface area contributed by atoms with Crippen LogP contribution in [0.25, 0.3) is 11.0 Å². The number of imidazole rings is 1. The highest BCUT2D eigenvalue weighted by Gasteiger charge is 2.16. The van der Waals surface area contributed by atoms with Gasteiger partial charge in [-0.15, -0.1) is 0 Å². The third kappa shape index (κ3) is 2.41. The highest BCUT2D eigenvalue weighted by molar-refractivity contribution is 5.74. The number of pyridine rings is 1. The molecule has 0 amide bonds. The minimum absolute atomic E-state index is 0.138. The molecule has 21 heavy (non-hydrogen) atoms. The maximum absolute atomic E-state index is 9.53. The molecule has 1 unspecified atom stereocenters. The van der Waals surface area contributed by atoms with Gasteiger partial charge in [-0.05, 0) is 30.2 Å². The number of aromatic nitrogens is 3. The zero-order valence-corrected chi connectivity index (χ0v) is 11.6. The summed E-state index contributed by atoms with van der Waals surface area (Å²) >= 11 is 0. The minimum Gasteiger partial charge on any atom is -0.504 e. The van der Waals surface area contributed by atoms with Crippen LogP contribution in [0.1, 0.15) is 17.4 Å². The molecule has 0 saturated carbocycles. The predicted octanol–water partition coefficient (Wildman–Crippen LogP) is 1.62. The third-order valence-corrected chi connectivity index (χ3v) is 3.54. The van der Waals surface area contributed by atoms with Gasteiger partial charge in [0.05, 0.1) is 23.3 Å². The van der Waals surface area contributed by atoms with Crippen LogP contribution in [0.15, 0.2) is 36.7 Å². The molecular weight excluding hydrogens is 268 g/mol. The molecule has 0 radical (unpaired) electrons. The zero-order valence-electron chi connectivity index (χ0n) is 11.6. The fraction of sp³-hybridized carbons (Fsp3) is 0.200. The summed E-state index contributed by atoms with van der Waals surface area (Å²) in [7, 11) is 1.90. The van der Waals surface area contributed by atoms with E-state index in [9.17, 15) is 10.2 Å². The van der Waals surface area contributed by atoms with Crippen LogP contribution < -0.4 is 5.73 Å². The quantitative estimate of drug-likeness (QED) is 0.635. The van der Waals surface area contributed by atoms with Crippen molar-refractivity contribution in [3.63, 3.8) is 0 Å². The average Bonchev–Trinajstić information content (AvgIpc) is 2.81. The van der Waals surface area contributed by atoms with E-state index in [1.807, 2.05) is 17.7 Å². The lowest BCUT2D eigenvalue weighted by Gasteiger charge is -2.12. The Kier molecular flexibility index (Phi) is 3.23. The van der Waals surface area contributed by atoms with Crippen molar-refractivity contribution < 1.29 is 10.2 Å². The van der Waals surface area contributed by atoms with Gasteiger partial charge in [0.15, 0.2) is 11.5 Å². The molecule has 0 bridgehead atoms. The molecular formula is C15H16N4O2. The van der Waals surface area contributed by atoms with Gasteiger partial charge in [0.25, 0.3) is 0 Å². The number of benzene rings is 1. The van der Waals surface area contributed by atoms with Gasteiger partial charge in [0.1, 0.15) is 5.82 Å². The van der Waals surface area contributed by atoms with Crippen LogP contribution in [0.2, 0.25) is 0 Å². The molecule has 0 aliphatic carbocycles. The van der Waals surface area contributed by atoms with Crippen LogP contribution in [-0.2, 0) is 13.5 Å². The lowest BCUT2D eigenvalue weighted by atomic mass is 10.1. The molecule has 2 aromatic heterocycles. The average molecular weight is 284 g/mol. The third-order valence-electron chi connectivity index (χ3n) is 3.54. The number of aromatic hydroxyl groups is 2. The molecule has 0 spiro atoms. The Morgan fingerprint density at radius 3 is 2.76 bits per heavy atom. The lowest BCUT2D eigenvalue weighted by molar-refractivity contribution is 0.403. The second-order valence-electron chi connectivity index (χ2n) is 5.03. The van der Waals surface area contributed by atoms with Crippen molar-refractivity contribution in [2.45, 2.75) is 12.5 Å². The van der Waals surface area contributed by atoms with E-state index in [0.29, 0.717) is 6.42 Å². The maximum atomic E-state index is 9.53. The Morgan fingerprint density at radius 2 is 2.05 bits per heavy atom. The molecule has 3 aromatic rings. The number of hydrogen-bond donors (Lipinski definition) is 3. The largest absolute Gasteiger partial charge is 0.504 e. The lowest BCUT2D eigenvalue weighted by Crippen LogP contribution is -2.17. The number of phenolic OH excluding ortho intramolecular Hbond substituents is 2. The number of nitrogens with two attached hydrogens (primary N) is 1. The molecule has 1 aromatic carbocycles. The monoisotopic (exact) mass is 284 g/mol. The molecule has 0 fully saturated rings. The Hall–Kier alpha value is -2.60. The summed E-state index contributed by atoms with van der Waals surface area (Å²) in [4.78, 5) is 8.62. The van der Waals surface area contributed by atoms with Gasteiger partial charge < -0.3 is 20.5 Å². The van der Waals surface area contributed by atoms with Crippen LogP contribution in [0.4, 0.5) is 0 Å². The Balaban J connectivity index is 1.91. The summed E-state index contributed by atoms with van der Waals surface area (Å²) in [6.07, 6.45) is 3.96. The first-order valence-electron chi connectivity index (χ1n) is 6.59. The molecule has 0 aliphatic rings. The van der Waals surface area contributed by atoms with Gasteiger partial charge >= 0.3 is 0 Å². The van der Waals surface area contributed by atoms with Gasteiger partial charge in [0, 0.05) is 13.2 Å². The molecule has 6 heteroatoms. The second-order valence-corrected chi connectivity index (χ2v) is 5.03. The standard InChI is InChI=1S/C15H16N4O2/c1-19-12-8-17-5-4-11(12)18-15(19)10(16)6-9-2-3-13(20)14(21)7-9/h2-5,7-8,10,20-21H,6,16H2,1H3. The van der Waals surface area contributed by atoms with Crippen LogP contribution in [0.5, 0.6) is 11.5 Å². The van der Waals surface area contributed by atoms with Crippen molar-refractivity contribution in [3.05, 3.63) is 48.0 Å². The number of rotatable bonds is 3. The van der Waals surface area contributed by atoms with Gasteiger partial charge in [-0.2, -0.15) is 0 Å². The molecule has 1 atom stereocenters. The van der Waals surface area contributed by atoms with Crippen molar-refractivity contribution in [1.29, 1.82) is 0 Å². The van der Waals surface area contributed by atoms with E-state index in [-0.39, 0.29) is 17.5 Å². The Morgan fingerprint density at radius 1 is 1.24 bits per heavy atom. The number of fused-ring (bicyclic) bond motifs is 1. The number of aryl methyl sites for hydroxylation is 1. The van der Waals surface area contributed by atoms with Crippen molar-refractivity contribution in [3.8, 4) is 11.5 Å². The molecule has 0 saturated heterocycles. The summed E-state index contributed by atoms with van der Waals surface area (Å²) in [5, 5.41) is 18.9. The fourth-order valence-corrected chi connectivity index (χ4v) is 2.43. The first-order chi connectivity index (χ1) is 10.1. The second kappa shape index (κ2) is 5.06. The Bertz CT molecular complexity index is 797. The van der Waals surface area contributed by atoms with E-state index in [1.54, 1.807) is 18.5 Å². The van der Waals surface area contributed by atoms with E-state index in [4.69, 9.17) is 5.73 Å². The van der Waals surface area contributed by atoms with E-state index >= 15 is 0 Å². The van der Waals surface area contributed by atoms with Gasteiger partial charge in [-0.25, -0.2) is 4.98 Å². The van der Waals surface area contributed by atoms with Gasteiger partial charge in [-0.1, -0.05) is 6.07 Å². The molecule has 0 aliphatic heterocycles. The summed E-state index contributed by atoms with van der Waals surface area (Å²) in [6.45, 7) is 0. The van der Waals surface area contributed by atoms with E-state index in [0.717, 1.165) is 22.4 Å². The highest BCUT2D eigenvalue weighted by Crippen LogP contribution is 2.27. The van der Waals surface area contributed by atoms with Crippen LogP contribution in [0, 0.1) is 0 Å². The molecule has 4 N–H and O–H groups in total. The SMILES string of the molecule is Cn1c(C(N)Cc2ccc(O)c(O)c2)nc2ccncc21. The molecule has 108 valence electrons. The normalized spacial score (nSPS) is 12.7. The summed E-state index contributed by atoms with van der Waals surface area (Å²) < 4.78 is 1.92. The number of nitrogens with zero attached hydrogens (tertiary/aromatic N) is 3. The molecule has 6 nitrogen and oxygen atoms in total. The van der Waals surface area contributed by atoms with Gasteiger partial charge in [-0.3, -0.25) is 4.98 Å². The topological polar surface area (TPSA) is 97.2 Å². The number of phenols is 2. The van der Waals surface area contributed by atoms with E-state index in [2.05, 4.69) is 9.97 Å². The fourth-order valence-electron chi connectivity index (χ4n) is 2.43. The minimum atomic E-state index is -0.314.